The van der Waals surface area contributed by atoms with Crippen molar-refractivity contribution in [1.82, 2.24) is 9.21 Å². The number of methoxy groups -OCH3 is 1. The molecule has 0 spiro atoms. The molecule has 1 aliphatic rings. The number of ether oxygens (including phenoxy) is 1. The van der Waals surface area contributed by atoms with E-state index in [0.717, 1.165) is 10.4 Å². The van der Waals surface area contributed by atoms with Crippen molar-refractivity contribution in [2.75, 3.05) is 32.1 Å². The summed E-state index contributed by atoms with van der Waals surface area (Å²) in [6.07, 6.45) is 1.49. The van der Waals surface area contributed by atoms with Crippen molar-refractivity contribution in [2.45, 2.75) is 44.6 Å². The minimum absolute atomic E-state index is 0.137. The number of carbonyl (C=O) groups excluding carboxylic acids is 2. The van der Waals surface area contributed by atoms with E-state index in [2.05, 4.69) is 11.4 Å². The number of hydrogen-bond acceptors (Lipinski definition) is 7. The Labute approximate surface area is 204 Å². The Bertz CT molecular complexity index is 1190. The number of rotatable bonds is 8. The Hall–Kier alpha value is -2.94. The van der Waals surface area contributed by atoms with Crippen LogP contribution in [-0.2, 0) is 27.7 Å². The average Bonchev–Trinajstić information content (AvgIpc) is 3.19. The topological polar surface area (TPSA) is 120 Å². The van der Waals surface area contributed by atoms with E-state index in [1.165, 1.54) is 47.0 Å². The number of nitriles is 1. The van der Waals surface area contributed by atoms with E-state index in [4.69, 9.17) is 4.74 Å². The number of anilines is 1. The monoisotopic (exact) mass is 504 g/mol. The van der Waals surface area contributed by atoms with Crippen LogP contribution in [0.25, 0.3) is 0 Å². The summed E-state index contributed by atoms with van der Waals surface area (Å²) in [7, 11) is -2.32. The lowest BCUT2D eigenvalue weighted by Crippen LogP contribution is -2.35. The van der Waals surface area contributed by atoms with Gasteiger partial charge in [-0.15, -0.1) is 11.3 Å². The maximum absolute atomic E-state index is 12.9. The van der Waals surface area contributed by atoms with E-state index in [9.17, 15) is 23.3 Å². The molecule has 0 bridgehead atoms. The molecule has 1 aromatic heterocycles. The van der Waals surface area contributed by atoms with Gasteiger partial charge in [-0.2, -0.15) is 9.57 Å². The largest absolute Gasteiger partial charge is 0.453 e. The molecule has 2 heterocycles. The Kier molecular flexibility index (Phi) is 8.30. The van der Waals surface area contributed by atoms with Gasteiger partial charge in [-0.05, 0) is 49.1 Å². The molecule has 0 unspecified atom stereocenters. The van der Waals surface area contributed by atoms with Crippen molar-refractivity contribution in [2.24, 2.45) is 0 Å². The Morgan fingerprint density at radius 1 is 1.21 bits per heavy atom. The lowest BCUT2D eigenvalue weighted by molar-refractivity contribution is 0.102. The van der Waals surface area contributed by atoms with E-state index in [1.807, 2.05) is 13.8 Å². The summed E-state index contributed by atoms with van der Waals surface area (Å²) in [6.45, 7) is 5.47. The van der Waals surface area contributed by atoms with Crippen molar-refractivity contribution < 1.29 is 22.7 Å². The van der Waals surface area contributed by atoms with Gasteiger partial charge in [-0.25, -0.2) is 13.2 Å². The van der Waals surface area contributed by atoms with Crippen LogP contribution in [0.3, 0.4) is 0 Å². The molecule has 3 rings (SSSR count). The summed E-state index contributed by atoms with van der Waals surface area (Å²) in [4.78, 5) is 27.2. The highest BCUT2D eigenvalue weighted by molar-refractivity contribution is 7.89. The molecule has 0 radical (unpaired) electrons. The van der Waals surface area contributed by atoms with Gasteiger partial charge in [0.1, 0.15) is 11.1 Å². The highest BCUT2D eigenvalue weighted by Gasteiger charge is 2.28. The zero-order chi connectivity index (χ0) is 24.9. The van der Waals surface area contributed by atoms with Crippen LogP contribution in [0.2, 0.25) is 0 Å². The molecule has 1 aliphatic heterocycles. The first-order valence-corrected chi connectivity index (χ1v) is 13.3. The Balaban J connectivity index is 1.79. The lowest BCUT2D eigenvalue weighted by Gasteiger charge is -2.25. The Morgan fingerprint density at radius 2 is 1.85 bits per heavy atom. The van der Waals surface area contributed by atoms with Crippen molar-refractivity contribution in [3.8, 4) is 6.07 Å². The number of sulfonamides is 1. The Morgan fingerprint density at radius 3 is 2.41 bits per heavy atom. The van der Waals surface area contributed by atoms with Gasteiger partial charge in [0.25, 0.3) is 5.91 Å². The van der Waals surface area contributed by atoms with Crippen molar-refractivity contribution in [3.05, 3.63) is 45.8 Å². The highest BCUT2D eigenvalue weighted by atomic mass is 32.2. The minimum atomic E-state index is -3.64. The molecule has 2 aromatic rings. The van der Waals surface area contributed by atoms with Gasteiger partial charge < -0.3 is 15.0 Å². The second kappa shape index (κ2) is 11.0. The molecule has 0 atom stereocenters. The minimum Gasteiger partial charge on any atom is -0.453 e. The molecule has 11 heteroatoms. The molecule has 1 N–H and O–H groups in total. The van der Waals surface area contributed by atoms with Crippen LogP contribution >= 0.6 is 11.3 Å². The molecule has 0 saturated carbocycles. The maximum atomic E-state index is 12.9. The van der Waals surface area contributed by atoms with Crippen LogP contribution in [0, 0.1) is 11.3 Å². The van der Waals surface area contributed by atoms with Gasteiger partial charge >= 0.3 is 6.09 Å². The quantitative estimate of drug-likeness (QED) is 0.584. The second-order valence-corrected chi connectivity index (χ2v) is 10.9. The SMILES string of the molecule is CCCN(CCC)S(=O)(=O)c1ccc(C(=O)Nc2sc3c(c2C#N)CCN(C(=O)OC)C3)cc1. The highest BCUT2D eigenvalue weighted by Crippen LogP contribution is 2.37. The van der Waals surface area contributed by atoms with Crippen LogP contribution in [0.5, 0.6) is 0 Å². The number of benzene rings is 1. The van der Waals surface area contributed by atoms with Crippen LogP contribution in [-0.4, -0.2) is 56.4 Å². The fourth-order valence-corrected chi connectivity index (χ4v) is 6.68. The lowest BCUT2D eigenvalue weighted by atomic mass is 10.0. The molecule has 0 saturated heterocycles. The predicted octanol–water partition coefficient (Wildman–Crippen LogP) is 3.81. The van der Waals surface area contributed by atoms with Gasteiger partial charge in [0, 0.05) is 30.1 Å². The summed E-state index contributed by atoms with van der Waals surface area (Å²) in [5.74, 6) is -0.442. The number of thiophene rings is 1. The number of nitrogens with zero attached hydrogens (tertiary/aromatic N) is 3. The molecule has 34 heavy (non-hydrogen) atoms. The zero-order valence-electron chi connectivity index (χ0n) is 19.5. The van der Waals surface area contributed by atoms with Gasteiger partial charge in [-0.3, -0.25) is 4.79 Å². The molecule has 0 fully saturated rings. The fourth-order valence-electron chi connectivity index (χ4n) is 3.85. The predicted molar refractivity (Wildman–Crippen MR) is 129 cm³/mol. The van der Waals surface area contributed by atoms with Crippen LogP contribution < -0.4 is 5.32 Å². The number of nitrogens with one attached hydrogen (secondary N) is 1. The van der Waals surface area contributed by atoms with E-state index in [-0.39, 0.29) is 10.5 Å². The summed E-state index contributed by atoms with van der Waals surface area (Å²) in [5.41, 5.74) is 1.51. The van der Waals surface area contributed by atoms with Crippen molar-refractivity contribution in [3.63, 3.8) is 0 Å². The van der Waals surface area contributed by atoms with Gasteiger partial charge in [0.2, 0.25) is 10.0 Å². The van der Waals surface area contributed by atoms with Crippen molar-refractivity contribution >= 4 is 38.4 Å². The molecule has 9 nitrogen and oxygen atoms in total. The third kappa shape index (κ3) is 5.24. The average molecular weight is 505 g/mol. The third-order valence-corrected chi connectivity index (χ3v) is 8.57. The van der Waals surface area contributed by atoms with E-state index in [1.54, 1.807) is 4.90 Å². The first kappa shape index (κ1) is 25.7. The standard InChI is InChI=1S/C23H28N4O5S2/c1-4-11-27(12-5-2)34(30,31)17-8-6-16(7-9-17)21(28)25-22-19(14-24)18-10-13-26(23(29)32-3)15-20(18)33-22/h6-9H,4-5,10-13,15H2,1-3H3,(H,25,28). The van der Waals surface area contributed by atoms with Crippen LogP contribution in [0.1, 0.15) is 53.1 Å². The number of amides is 2. The molecule has 0 aliphatic carbocycles. The molecule has 2 amide bonds. The molecular weight excluding hydrogens is 476 g/mol. The second-order valence-electron chi connectivity index (χ2n) is 7.84. The summed E-state index contributed by atoms with van der Waals surface area (Å²) >= 11 is 1.26. The summed E-state index contributed by atoms with van der Waals surface area (Å²) < 4.78 is 32.1. The summed E-state index contributed by atoms with van der Waals surface area (Å²) in [5, 5.41) is 12.9. The first-order valence-electron chi connectivity index (χ1n) is 11.1. The normalized spacial score (nSPS) is 13.3. The molecule has 1 aromatic carbocycles. The van der Waals surface area contributed by atoms with Gasteiger partial charge in [0.15, 0.2) is 0 Å². The number of hydrogen-bond donors (Lipinski definition) is 1. The first-order chi connectivity index (χ1) is 16.3. The van der Waals surface area contributed by atoms with E-state index < -0.39 is 22.0 Å². The van der Waals surface area contributed by atoms with E-state index >= 15 is 0 Å². The van der Waals surface area contributed by atoms with Gasteiger partial charge in [-0.1, -0.05) is 13.8 Å². The van der Waals surface area contributed by atoms with Crippen molar-refractivity contribution in [1.29, 1.82) is 5.26 Å². The fraction of sp³-hybridized carbons (Fsp3) is 0.435. The van der Waals surface area contributed by atoms with Crippen LogP contribution in [0.4, 0.5) is 9.80 Å². The number of carbonyl (C=O) groups is 2. The number of fused-ring (bicyclic) bond motifs is 1. The smallest absolute Gasteiger partial charge is 0.409 e. The molecule has 182 valence electrons. The van der Waals surface area contributed by atoms with E-state index in [0.29, 0.717) is 56.0 Å². The molecular formula is C23H28N4O5S2. The van der Waals surface area contributed by atoms with Gasteiger partial charge in [0.05, 0.1) is 24.1 Å². The maximum Gasteiger partial charge on any atom is 0.409 e. The third-order valence-electron chi connectivity index (χ3n) is 5.53. The summed E-state index contributed by atoms with van der Waals surface area (Å²) in [6, 6.07) is 7.96. The van der Waals surface area contributed by atoms with Crippen LogP contribution in [0.15, 0.2) is 29.2 Å². The zero-order valence-corrected chi connectivity index (χ0v) is 21.1.